The highest BCUT2D eigenvalue weighted by Crippen LogP contribution is 2.17. The van der Waals surface area contributed by atoms with Crippen LogP contribution in [0, 0.1) is 5.82 Å². The van der Waals surface area contributed by atoms with Crippen LogP contribution in [0.4, 0.5) is 4.39 Å². The standard InChI is InChI=1S/C13H18FNO3/c1-3-9(2)15(8-13(17)18)7-10-4-11(14)6-12(16)5-10/h4-6,9,16H,3,7-8H2,1-2H3,(H,17,18). The largest absolute Gasteiger partial charge is 0.508 e. The lowest BCUT2D eigenvalue weighted by Crippen LogP contribution is -2.36. The monoisotopic (exact) mass is 255 g/mol. The first-order chi connectivity index (χ1) is 8.42. The molecule has 1 aromatic carbocycles. The fourth-order valence-corrected chi connectivity index (χ4v) is 1.76. The van der Waals surface area contributed by atoms with E-state index in [0.717, 1.165) is 12.5 Å². The third-order valence-corrected chi connectivity index (χ3v) is 2.88. The van der Waals surface area contributed by atoms with Gasteiger partial charge in [-0.05, 0) is 31.0 Å². The van der Waals surface area contributed by atoms with Gasteiger partial charge in [0, 0.05) is 18.7 Å². The van der Waals surface area contributed by atoms with Gasteiger partial charge in [0.1, 0.15) is 11.6 Å². The molecule has 18 heavy (non-hydrogen) atoms. The second-order valence-corrected chi connectivity index (χ2v) is 4.37. The maximum Gasteiger partial charge on any atom is 0.317 e. The lowest BCUT2D eigenvalue weighted by atomic mass is 10.1. The molecule has 4 nitrogen and oxygen atoms in total. The molecule has 0 saturated heterocycles. The van der Waals surface area contributed by atoms with Crippen molar-refractivity contribution in [2.45, 2.75) is 32.9 Å². The summed E-state index contributed by atoms with van der Waals surface area (Å²) in [6.07, 6.45) is 0.800. The maximum absolute atomic E-state index is 13.1. The number of aliphatic carboxylic acids is 1. The van der Waals surface area contributed by atoms with Crippen molar-refractivity contribution in [3.8, 4) is 5.75 Å². The Morgan fingerprint density at radius 1 is 1.44 bits per heavy atom. The second-order valence-electron chi connectivity index (χ2n) is 4.37. The van der Waals surface area contributed by atoms with Crippen molar-refractivity contribution in [3.63, 3.8) is 0 Å². The number of rotatable bonds is 6. The first kappa shape index (κ1) is 14.4. The molecule has 0 amide bonds. The SMILES string of the molecule is CCC(C)N(CC(=O)O)Cc1cc(O)cc(F)c1. The normalized spacial score (nSPS) is 12.7. The van der Waals surface area contributed by atoms with Gasteiger partial charge in [-0.1, -0.05) is 6.92 Å². The summed E-state index contributed by atoms with van der Waals surface area (Å²) in [5.41, 5.74) is 0.564. The van der Waals surface area contributed by atoms with E-state index in [-0.39, 0.29) is 18.3 Å². The Bertz CT molecular complexity index is 402. The molecule has 0 spiro atoms. The van der Waals surface area contributed by atoms with Crippen LogP contribution in [-0.4, -0.2) is 33.7 Å². The van der Waals surface area contributed by atoms with Crippen LogP contribution in [0.3, 0.4) is 0 Å². The minimum atomic E-state index is -0.920. The zero-order valence-corrected chi connectivity index (χ0v) is 10.6. The van der Waals surface area contributed by atoms with Gasteiger partial charge >= 0.3 is 5.97 Å². The Balaban J connectivity index is 2.84. The average molecular weight is 255 g/mol. The van der Waals surface area contributed by atoms with Crippen molar-refractivity contribution in [2.24, 2.45) is 0 Å². The highest BCUT2D eigenvalue weighted by molar-refractivity contribution is 5.69. The summed E-state index contributed by atoms with van der Waals surface area (Å²) >= 11 is 0. The van der Waals surface area contributed by atoms with Gasteiger partial charge in [-0.2, -0.15) is 0 Å². The van der Waals surface area contributed by atoms with Crippen molar-refractivity contribution in [3.05, 3.63) is 29.6 Å². The van der Waals surface area contributed by atoms with Crippen LogP contribution in [0.2, 0.25) is 0 Å². The minimum Gasteiger partial charge on any atom is -0.508 e. The average Bonchev–Trinajstić information content (AvgIpc) is 2.25. The van der Waals surface area contributed by atoms with Crippen LogP contribution in [-0.2, 0) is 11.3 Å². The number of hydrogen-bond acceptors (Lipinski definition) is 3. The Morgan fingerprint density at radius 3 is 2.61 bits per heavy atom. The number of phenolic OH excluding ortho intramolecular Hbond substituents is 1. The van der Waals surface area contributed by atoms with E-state index in [1.165, 1.54) is 12.1 Å². The van der Waals surface area contributed by atoms with Crippen molar-refractivity contribution in [2.75, 3.05) is 6.54 Å². The number of nitrogens with zero attached hydrogens (tertiary/aromatic N) is 1. The Hall–Kier alpha value is -1.62. The van der Waals surface area contributed by atoms with Crippen LogP contribution >= 0.6 is 0 Å². The molecule has 0 saturated carbocycles. The number of carboxylic acid groups (broad SMARTS) is 1. The van der Waals surface area contributed by atoms with Crippen LogP contribution < -0.4 is 0 Å². The number of carboxylic acids is 1. The fourth-order valence-electron chi connectivity index (χ4n) is 1.76. The molecular formula is C13H18FNO3. The van der Waals surface area contributed by atoms with Gasteiger partial charge in [-0.3, -0.25) is 9.69 Å². The van der Waals surface area contributed by atoms with Crippen LogP contribution in [0.25, 0.3) is 0 Å². The molecule has 0 aromatic heterocycles. The van der Waals surface area contributed by atoms with Crippen molar-refractivity contribution < 1.29 is 19.4 Å². The van der Waals surface area contributed by atoms with Gasteiger partial charge in [0.05, 0.1) is 6.54 Å². The Kier molecular flexibility index (Phi) is 5.09. The maximum atomic E-state index is 13.1. The smallest absolute Gasteiger partial charge is 0.317 e. The molecule has 0 aliphatic heterocycles. The van der Waals surface area contributed by atoms with Gasteiger partial charge in [-0.25, -0.2) is 4.39 Å². The van der Waals surface area contributed by atoms with Gasteiger partial charge in [0.15, 0.2) is 0 Å². The molecule has 1 rings (SSSR count). The predicted molar refractivity (Wildman–Crippen MR) is 65.9 cm³/mol. The summed E-state index contributed by atoms with van der Waals surface area (Å²) in [5, 5.41) is 18.2. The molecule has 0 fully saturated rings. The first-order valence-electron chi connectivity index (χ1n) is 5.86. The van der Waals surface area contributed by atoms with E-state index in [4.69, 9.17) is 5.11 Å². The van der Waals surface area contributed by atoms with Crippen LogP contribution in [0.5, 0.6) is 5.75 Å². The Morgan fingerprint density at radius 2 is 2.11 bits per heavy atom. The highest BCUT2D eigenvalue weighted by atomic mass is 19.1. The third kappa shape index (κ3) is 4.33. The van der Waals surface area contributed by atoms with E-state index in [2.05, 4.69) is 0 Å². The minimum absolute atomic E-state index is 0.0755. The zero-order chi connectivity index (χ0) is 13.7. The molecule has 5 heteroatoms. The van der Waals surface area contributed by atoms with Crippen LogP contribution in [0.15, 0.2) is 18.2 Å². The summed E-state index contributed by atoms with van der Waals surface area (Å²) in [7, 11) is 0. The molecular weight excluding hydrogens is 237 g/mol. The lowest BCUT2D eigenvalue weighted by Gasteiger charge is -2.26. The number of phenols is 1. The molecule has 2 N–H and O–H groups in total. The van der Waals surface area contributed by atoms with Gasteiger partial charge < -0.3 is 10.2 Å². The summed E-state index contributed by atoms with van der Waals surface area (Å²) < 4.78 is 13.1. The van der Waals surface area contributed by atoms with Gasteiger partial charge in [-0.15, -0.1) is 0 Å². The highest BCUT2D eigenvalue weighted by Gasteiger charge is 2.16. The quantitative estimate of drug-likeness (QED) is 0.818. The van der Waals surface area contributed by atoms with E-state index in [1.807, 2.05) is 13.8 Å². The summed E-state index contributed by atoms with van der Waals surface area (Å²) in [6, 6.07) is 3.84. The molecule has 0 bridgehead atoms. The fraction of sp³-hybridized carbons (Fsp3) is 0.462. The molecule has 1 unspecified atom stereocenters. The van der Waals surface area contributed by atoms with Gasteiger partial charge in [0.2, 0.25) is 0 Å². The van der Waals surface area contributed by atoms with E-state index < -0.39 is 11.8 Å². The van der Waals surface area contributed by atoms with Crippen molar-refractivity contribution in [1.82, 2.24) is 4.90 Å². The zero-order valence-electron chi connectivity index (χ0n) is 10.6. The molecule has 100 valence electrons. The number of benzene rings is 1. The third-order valence-electron chi connectivity index (χ3n) is 2.88. The number of aromatic hydroxyl groups is 1. The van der Waals surface area contributed by atoms with E-state index >= 15 is 0 Å². The summed E-state index contributed by atoms with van der Waals surface area (Å²) in [5.74, 6) is -1.59. The van der Waals surface area contributed by atoms with Crippen molar-refractivity contribution >= 4 is 5.97 Å². The predicted octanol–water partition coefficient (Wildman–Crippen LogP) is 2.22. The Labute approximate surface area is 106 Å². The van der Waals surface area contributed by atoms with E-state index in [1.54, 1.807) is 4.90 Å². The lowest BCUT2D eigenvalue weighted by molar-refractivity contribution is -0.139. The van der Waals surface area contributed by atoms with Gasteiger partial charge in [0.25, 0.3) is 0 Å². The summed E-state index contributed by atoms with van der Waals surface area (Å²) in [6.45, 7) is 4.07. The summed E-state index contributed by atoms with van der Waals surface area (Å²) in [4.78, 5) is 12.5. The molecule has 0 aliphatic carbocycles. The van der Waals surface area contributed by atoms with E-state index in [9.17, 15) is 14.3 Å². The molecule has 1 aromatic rings. The number of hydrogen-bond donors (Lipinski definition) is 2. The molecule has 0 radical (unpaired) electrons. The molecule has 1 atom stereocenters. The van der Waals surface area contributed by atoms with E-state index in [0.29, 0.717) is 12.1 Å². The van der Waals surface area contributed by atoms with Crippen LogP contribution in [0.1, 0.15) is 25.8 Å². The first-order valence-corrected chi connectivity index (χ1v) is 5.86. The second kappa shape index (κ2) is 6.35. The van der Waals surface area contributed by atoms with Crippen molar-refractivity contribution in [1.29, 1.82) is 0 Å². The molecule has 0 heterocycles. The number of carbonyl (C=O) groups is 1. The molecule has 0 aliphatic rings. The topological polar surface area (TPSA) is 60.8 Å². The number of halogens is 1.